The summed E-state index contributed by atoms with van der Waals surface area (Å²) in [7, 11) is 0. The van der Waals surface area contributed by atoms with Crippen molar-refractivity contribution in [2.45, 2.75) is 12.8 Å². The van der Waals surface area contributed by atoms with Gasteiger partial charge in [-0.1, -0.05) is 23.5 Å². The van der Waals surface area contributed by atoms with Crippen molar-refractivity contribution in [3.8, 4) is 0 Å². The number of carbonyl (C=O) groups is 1. The van der Waals surface area contributed by atoms with Crippen LogP contribution in [0.15, 0.2) is 24.3 Å². The molecule has 3 heterocycles. The summed E-state index contributed by atoms with van der Waals surface area (Å²) in [6.07, 6.45) is 2.44. The molecule has 0 radical (unpaired) electrons. The summed E-state index contributed by atoms with van der Waals surface area (Å²) in [5.74, 6) is 0.0436. The lowest BCUT2D eigenvalue weighted by atomic mass is 9.87. The molecule has 2 aliphatic heterocycles. The maximum atomic E-state index is 12.2. The van der Waals surface area contributed by atoms with Crippen molar-refractivity contribution in [3.63, 3.8) is 0 Å². The van der Waals surface area contributed by atoms with Crippen LogP contribution in [-0.2, 0) is 4.79 Å². The first kappa shape index (κ1) is 14.1. The van der Waals surface area contributed by atoms with Gasteiger partial charge < -0.3 is 10.6 Å². The van der Waals surface area contributed by atoms with Crippen molar-refractivity contribution in [1.29, 1.82) is 0 Å². The number of thiazole rings is 1. The van der Waals surface area contributed by atoms with Gasteiger partial charge in [-0.05, 0) is 43.5 Å². The Bertz CT molecular complexity index is 659. The minimum atomic E-state index is 0.0436. The number of fused-ring (bicyclic) bond motifs is 1. The fourth-order valence-corrected chi connectivity index (χ4v) is 4.48. The summed E-state index contributed by atoms with van der Waals surface area (Å²) in [6.45, 7) is 4.74. The largest absolute Gasteiger partial charge is 0.316 e. The Hall–Kier alpha value is -1.50. The Morgan fingerprint density at radius 3 is 3.14 bits per heavy atom. The molecule has 2 fully saturated rings. The third kappa shape index (κ3) is 2.74. The summed E-state index contributed by atoms with van der Waals surface area (Å²) in [5.41, 5.74) is 1.36. The van der Waals surface area contributed by atoms with Crippen LogP contribution in [0.3, 0.4) is 0 Å². The van der Waals surface area contributed by atoms with Crippen molar-refractivity contribution < 1.29 is 4.79 Å². The molecule has 5 nitrogen and oxygen atoms in total. The van der Waals surface area contributed by atoms with Crippen LogP contribution in [0.2, 0.25) is 0 Å². The first-order valence-electron chi connectivity index (χ1n) is 7.81. The standard InChI is InChI=1S/C16H20N4OS/c21-14(9-20-8-6-16(11-20)5-7-17-10-16)19-15-18-12-3-1-2-4-13(12)22-15/h1-4,17H,5-11H2,(H,18,19,21). The molecule has 2 N–H and O–H groups in total. The number of benzene rings is 1. The van der Waals surface area contributed by atoms with Gasteiger partial charge in [-0.15, -0.1) is 0 Å². The van der Waals surface area contributed by atoms with Crippen LogP contribution in [0.1, 0.15) is 12.8 Å². The number of aromatic nitrogens is 1. The number of nitrogens with zero attached hydrogens (tertiary/aromatic N) is 2. The van der Waals surface area contributed by atoms with E-state index in [0.717, 1.165) is 36.4 Å². The van der Waals surface area contributed by atoms with Gasteiger partial charge in [0.2, 0.25) is 5.91 Å². The quantitative estimate of drug-likeness (QED) is 0.908. The number of hydrogen-bond donors (Lipinski definition) is 2. The van der Waals surface area contributed by atoms with Crippen LogP contribution in [0, 0.1) is 5.41 Å². The van der Waals surface area contributed by atoms with Gasteiger partial charge in [-0.3, -0.25) is 9.69 Å². The molecular weight excluding hydrogens is 296 g/mol. The van der Waals surface area contributed by atoms with Gasteiger partial charge in [0, 0.05) is 13.1 Å². The normalized spacial score (nSPS) is 25.3. The van der Waals surface area contributed by atoms with Crippen LogP contribution in [0.5, 0.6) is 0 Å². The zero-order chi connectivity index (χ0) is 15.0. The molecule has 1 unspecified atom stereocenters. The van der Waals surface area contributed by atoms with Crippen LogP contribution < -0.4 is 10.6 Å². The molecule has 2 saturated heterocycles. The molecule has 0 bridgehead atoms. The SMILES string of the molecule is O=C(CN1CCC2(CCNC2)C1)Nc1nc2ccccc2s1. The van der Waals surface area contributed by atoms with E-state index in [4.69, 9.17) is 0 Å². The van der Waals surface area contributed by atoms with Gasteiger partial charge >= 0.3 is 0 Å². The number of carbonyl (C=O) groups excluding carboxylic acids is 1. The fourth-order valence-electron chi connectivity index (χ4n) is 3.59. The number of likely N-dealkylation sites (tertiary alicyclic amines) is 1. The Labute approximate surface area is 133 Å². The van der Waals surface area contributed by atoms with Gasteiger partial charge in [0.25, 0.3) is 0 Å². The summed E-state index contributed by atoms with van der Waals surface area (Å²) in [4.78, 5) is 19.0. The van der Waals surface area contributed by atoms with Crippen molar-refractivity contribution in [2.24, 2.45) is 5.41 Å². The lowest BCUT2D eigenvalue weighted by molar-refractivity contribution is -0.117. The number of rotatable bonds is 3. The van der Waals surface area contributed by atoms with Crippen molar-refractivity contribution in [1.82, 2.24) is 15.2 Å². The van der Waals surface area contributed by atoms with E-state index < -0.39 is 0 Å². The summed E-state index contributed by atoms with van der Waals surface area (Å²) in [6, 6.07) is 7.96. The molecule has 2 aliphatic rings. The molecule has 116 valence electrons. The number of hydrogen-bond acceptors (Lipinski definition) is 5. The molecule has 1 aromatic heterocycles. The predicted molar refractivity (Wildman–Crippen MR) is 89.2 cm³/mol. The maximum absolute atomic E-state index is 12.2. The minimum absolute atomic E-state index is 0.0436. The first-order chi connectivity index (χ1) is 10.7. The fraction of sp³-hybridized carbons (Fsp3) is 0.500. The van der Waals surface area contributed by atoms with E-state index in [1.807, 2.05) is 24.3 Å². The van der Waals surface area contributed by atoms with E-state index in [0.29, 0.717) is 17.1 Å². The Morgan fingerprint density at radius 1 is 1.41 bits per heavy atom. The predicted octanol–water partition coefficient (Wildman–Crippen LogP) is 1.92. The third-order valence-electron chi connectivity index (χ3n) is 4.76. The van der Waals surface area contributed by atoms with Crippen LogP contribution in [-0.4, -0.2) is 48.5 Å². The Morgan fingerprint density at radius 2 is 2.32 bits per heavy atom. The molecule has 1 spiro atoms. The Balaban J connectivity index is 1.36. The van der Waals surface area contributed by atoms with Crippen molar-refractivity contribution in [2.75, 3.05) is 38.0 Å². The molecule has 4 rings (SSSR count). The van der Waals surface area contributed by atoms with Crippen molar-refractivity contribution in [3.05, 3.63) is 24.3 Å². The highest BCUT2D eigenvalue weighted by Crippen LogP contribution is 2.35. The van der Waals surface area contributed by atoms with Gasteiger partial charge in [0.1, 0.15) is 0 Å². The summed E-state index contributed by atoms with van der Waals surface area (Å²) in [5, 5.41) is 7.09. The van der Waals surface area contributed by atoms with E-state index >= 15 is 0 Å². The molecule has 1 atom stereocenters. The molecule has 1 amide bonds. The number of anilines is 1. The van der Waals surface area contributed by atoms with Crippen molar-refractivity contribution >= 4 is 32.6 Å². The van der Waals surface area contributed by atoms with Crippen LogP contribution in [0.4, 0.5) is 5.13 Å². The van der Waals surface area contributed by atoms with Gasteiger partial charge in [-0.25, -0.2) is 4.98 Å². The summed E-state index contributed by atoms with van der Waals surface area (Å²) >= 11 is 1.53. The van der Waals surface area contributed by atoms with Crippen LogP contribution in [0.25, 0.3) is 10.2 Å². The Kier molecular flexibility index (Phi) is 3.60. The molecule has 22 heavy (non-hydrogen) atoms. The van der Waals surface area contributed by atoms with Crippen LogP contribution >= 0.6 is 11.3 Å². The second kappa shape index (κ2) is 5.61. The number of nitrogens with one attached hydrogen (secondary N) is 2. The molecule has 0 aliphatic carbocycles. The van der Waals surface area contributed by atoms with E-state index in [1.54, 1.807) is 0 Å². The third-order valence-corrected chi connectivity index (χ3v) is 5.71. The van der Waals surface area contributed by atoms with E-state index in [1.165, 1.54) is 24.2 Å². The zero-order valence-electron chi connectivity index (χ0n) is 12.5. The van der Waals surface area contributed by atoms with E-state index in [2.05, 4.69) is 20.5 Å². The average Bonchev–Trinajstić information content (AvgIpc) is 3.20. The van der Waals surface area contributed by atoms with Gasteiger partial charge in [0.15, 0.2) is 5.13 Å². The highest BCUT2D eigenvalue weighted by atomic mass is 32.1. The maximum Gasteiger partial charge on any atom is 0.240 e. The molecular formula is C16H20N4OS. The van der Waals surface area contributed by atoms with E-state index in [-0.39, 0.29) is 5.91 Å². The van der Waals surface area contributed by atoms with Gasteiger partial charge in [0.05, 0.1) is 16.8 Å². The smallest absolute Gasteiger partial charge is 0.240 e. The molecule has 0 saturated carbocycles. The van der Waals surface area contributed by atoms with Gasteiger partial charge in [-0.2, -0.15) is 0 Å². The number of amides is 1. The monoisotopic (exact) mass is 316 g/mol. The number of para-hydroxylation sites is 1. The molecule has 2 aromatic rings. The average molecular weight is 316 g/mol. The lowest BCUT2D eigenvalue weighted by Crippen LogP contribution is -2.34. The molecule has 6 heteroatoms. The molecule has 1 aromatic carbocycles. The highest BCUT2D eigenvalue weighted by molar-refractivity contribution is 7.22. The zero-order valence-corrected chi connectivity index (χ0v) is 13.3. The summed E-state index contributed by atoms with van der Waals surface area (Å²) < 4.78 is 1.11. The first-order valence-corrected chi connectivity index (χ1v) is 8.63. The highest BCUT2D eigenvalue weighted by Gasteiger charge is 2.40. The minimum Gasteiger partial charge on any atom is -0.316 e. The second-order valence-corrected chi connectivity index (χ2v) is 7.45. The van der Waals surface area contributed by atoms with E-state index in [9.17, 15) is 4.79 Å². The topological polar surface area (TPSA) is 57.3 Å². The second-order valence-electron chi connectivity index (χ2n) is 6.42. The lowest BCUT2D eigenvalue weighted by Gasteiger charge is -2.22.